The van der Waals surface area contributed by atoms with Gasteiger partial charge in [-0.3, -0.25) is 9.69 Å². The standard InChI is InChI=1S/C23H30N2O5/c1-5-14-12-25-10-9-23(19(25)11-15(14)16(13-28-2)22(27)30-4)21(26)20-17(24-23)7-6-8-18(20)29-3/h6-8,13-15,19,24H,5,9-12H2,1-4H3/b16-13-/t14-,15+,19?,23+/m1/s1. The van der Waals surface area contributed by atoms with Gasteiger partial charge in [0, 0.05) is 24.8 Å². The van der Waals surface area contributed by atoms with Gasteiger partial charge in [-0.25, -0.2) is 4.79 Å². The summed E-state index contributed by atoms with van der Waals surface area (Å²) in [4.78, 5) is 28.6. The van der Waals surface area contributed by atoms with Crippen LogP contribution >= 0.6 is 0 Å². The summed E-state index contributed by atoms with van der Waals surface area (Å²) >= 11 is 0. The van der Waals surface area contributed by atoms with E-state index in [0.717, 1.165) is 31.6 Å². The molecule has 3 heterocycles. The molecule has 1 aromatic carbocycles. The van der Waals surface area contributed by atoms with Gasteiger partial charge in [-0.15, -0.1) is 0 Å². The lowest BCUT2D eigenvalue weighted by Crippen LogP contribution is -2.57. The van der Waals surface area contributed by atoms with Gasteiger partial charge < -0.3 is 19.5 Å². The lowest BCUT2D eigenvalue weighted by molar-refractivity contribution is -0.137. The summed E-state index contributed by atoms with van der Waals surface area (Å²) in [5, 5.41) is 3.56. The van der Waals surface area contributed by atoms with Crippen LogP contribution in [0.3, 0.4) is 0 Å². The van der Waals surface area contributed by atoms with E-state index in [-0.39, 0.29) is 23.7 Å². The summed E-state index contributed by atoms with van der Waals surface area (Å²) < 4.78 is 15.7. The number of nitrogens with zero attached hydrogens (tertiary/aromatic N) is 1. The molecule has 2 fully saturated rings. The number of benzene rings is 1. The Morgan fingerprint density at radius 3 is 2.80 bits per heavy atom. The number of hydrogen-bond acceptors (Lipinski definition) is 7. The van der Waals surface area contributed by atoms with Crippen LogP contribution in [-0.2, 0) is 14.3 Å². The van der Waals surface area contributed by atoms with Crippen molar-refractivity contribution in [3.05, 3.63) is 35.6 Å². The zero-order chi connectivity index (χ0) is 21.5. The van der Waals surface area contributed by atoms with Gasteiger partial charge in [0.1, 0.15) is 11.3 Å². The summed E-state index contributed by atoms with van der Waals surface area (Å²) in [6, 6.07) is 5.65. The van der Waals surface area contributed by atoms with Crippen LogP contribution in [0.25, 0.3) is 0 Å². The van der Waals surface area contributed by atoms with Crippen LogP contribution in [0.1, 0.15) is 36.5 Å². The van der Waals surface area contributed by atoms with E-state index < -0.39 is 5.54 Å². The molecule has 7 nitrogen and oxygen atoms in total. The van der Waals surface area contributed by atoms with E-state index in [1.807, 2.05) is 18.2 Å². The van der Waals surface area contributed by atoms with Crippen molar-refractivity contribution < 1.29 is 23.8 Å². The molecular formula is C23H30N2O5. The van der Waals surface area contributed by atoms with Crippen LogP contribution in [-0.4, -0.2) is 62.7 Å². The molecule has 0 aromatic heterocycles. The minimum atomic E-state index is -0.692. The molecular weight excluding hydrogens is 384 g/mol. The van der Waals surface area contributed by atoms with Crippen molar-refractivity contribution in [1.82, 2.24) is 4.90 Å². The van der Waals surface area contributed by atoms with Gasteiger partial charge in [0.25, 0.3) is 0 Å². The molecule has 0 radical (unpaired) electrons. The molecule has 0 saturated carbocycles. The number of rotatable bonds is 5. The third-order valence-corrected chi connectivity index (χ3v) is 7.14. The second-order valence-electron chi connectivity index (χ2n) is 8.38. The average molecular weight is 415 g/mol. The molecule has 1 aromatic rings. The lowest BCUT2D eigenvalue weighted by atomic mass is 9.72. The SMILES string of the molecule is CC[C@@H]1CN2CC[C@]3(Nc4cccc(OC)c4C3=O)C2C[C@@H]1/C(=C/OC)C(=O)OC. The number of ketones is 1. The van der Waals surface area contributed by atoms with Gasteiger partial charge in [0.05, 0.1) is 38.7 Å². The van der Waals surface area contributed by atoms with E-state index in [4.69, 9.17) is 14.2 Å². The number of esters is 1. The van der Waals surface area contributed by atoms with Crippen molar-refractivity contribution in [2.24, 2.45) is 11.8 Å². The fraction of sp³-hybridized carbons (Fsp3) is 0.565. The number of anilines is 1. The number of nitrogens with one attached hydrogen (secondary N) is 1. The highest BCUT2D eigenvalue weighted by atomic mass is 16.5. The third kappa shape index (κ3) is 2.98. The van der Waals surface area contributed by atoms with E-state index in [1.165, 1.54) is 13.4 Å². The van der Waals surface area contributed by atoms with Gasteiger partial charge in [0.15, 0.2) is 5.78 Å². The van der Waals surface area contributed by atoms with Gasteiger partial charge in [-0.05, 0) is 36.8 Å². The molecule has 4 atom stereocenters. The molecule has 3 aliphatic heterocycles. The number of ether oxygens (including phenoxy) is 3. The summed E-state index contributed by atoms with van der Waals surface area (Å²) in [7, 11) is 4.53. The molecule has 162 valence electrons. The van der Waals surface area contributed by atoms with Crippen LogP contribution in [0, 0.1) is 11.8 Å². The Morgan fingerprint density at radius 2 is 2.13 bits per heavy atom. The molecule has 3 aliphatic rings. The highest BCUT2D eigenvalue weighted by molar-refractivity contribution is 6.16. The fourth-order valence-corrected chi connectivity index (χ4v) is 5.68. The normalized spacial score (nSPS) is 30.6. The minimum absolute atomic E-state index is 0.0141. The Kier molecular flexibility index (Phi) is 5.49. The summed E-state index contributed by atoms with van der Waals surface area (Å²) in [5.74, 6) is 0.598. The Morgan fingerprint density at radius 1 is 1.33 bits per heavy atom. The van der Waals surface area contributed by atoms with Crippen LogP contribution in [0.5, 0.6) is 5.75 Å². The number of piperidine rings is 1. The number of carbonyl (C=O) groups is 2. The largest absolute Gasteiger partial charge is 0.504 e. The molecule has 2 saturated heterocycles. The van der Waals surface area contributed by atoms with Crippen molar-refractivity contribution >= 4 is 17.4 Å². The third-order valence-electron chi connectivity index (χ3n) is 7.14. The van der Waals surface area contributed by atoms with Crippen LogP contribution in [0.15, 0.2) is 30.0 Å². The van der Waals surface area contributed by atoms with Gasteiger partial charge >= 0.3 is 5.97 Å². The van der Waals surface area contributed by atoms with Crippen molar-refractivity contribution in [1.29, 1.82) is 0 Å². The van der Waals surface area contributed by atoms with Crippen molar-refractivity contribution in [3.8, 4) is 5.75 Å². The topological polar surface area (TPSA) is 77.1 Å². The van der Waals surface area contributed by atoms with E-state index in [2.05, 4.69) is 17.1 Å². The van der Waals surface area contributed by atoms with E-state index >= 15 is 0 Å². The van der Waals surface area contributed by atoms with Crippen LogP contribution in [0.4, 0.5) is 5.69 Å². The zero-order valence-corrected chi connectivity index (χ0v) is 18.1. The summed E-state index contributed by atoms with van der Waals surface area (Å²) in [6.45, 7) is 3.84. The van der Waals surface area contributed by atoms with Gasteiger partial charge in [0.2, 0.25) is 0 Å². The Bertz CT molecular complexity index is 882. The first-order valence-electron chi connectivity index (χ1n) is 10.6. The van der Waals surface area contributed by atoms with Gasteiger partial charge in [-0.2, -0.15) is 0 Å². The second-order valence-corrected chi connectivity index (χ2v) is 8.38. The molecule has 4 rings (SSSR count). The molecule has 30 heavy (non-hydrogen) atoms. The minimum Gasteiger partial charge on any atom is -0.504 e. The number of carbonyl (C=O) groups excluding carboxylic acids is 2. The van der Waals surface area contributed by atoms with Crippen LogP contribution < -0.4 is 10.1 Å². The Balaban J connectivity index is 1.70. The average Bonchev–Trinajstić information content (AvgIpc) is 3.28. The van der Waals surface area contributed by atoms with Crippen LogP contribution in [0.2, 0.25) is 0 Å². The predicted molar refractivity (Wildman–Crippen MR) is 113 cm³/mol. The fourth-order valence-electron chi connectivity index (χ4n) is 5.68. The highest BCUT2D eigenvalue weighted by Crippen LogP contribution is 2.50. The maximum Gasteiger partial charge on any atom is 0.337 e. The first-order valence-corrected chi connectivity index (χ1v) is 10.6. The maximum atomic E-state index is 13.7. The van der Waals surface area contributed by atoms with E-state index in [9.17, 15) is 9.59 Å². The first kappa shape index (κ1) is 20.7. The Hall–Kier alpha value is -2.54. The maximum absolute atomic E-state index is 13.7. The Labute approximate surface area is 177 Å². The number of Topliss-reactive ketones (excluding diaryl/α,β-unsaturated/α-hetero) is 1. The summed E-state index contributed by atoms with van der Waals surface area (Å²) in [5.41, 5.74) is 1.32. The molecule has 7 heteroatoms. The molecule has 1 unspecified atom stereocenters. The van der Waals surface area contributed by atoms with Crippen molar-refractivity contribution in [3.63, 3.8) is 0 Å². The van der Waals surface area contributed by atoms with E-state index in [0.29, 0.717) is 29.2 Å². The number of hydrogen-bond donors (Lipinski definition) is 1. The van der Waals surface area contributed by atoms with Crippen molar-refractivity contribution in [2.45, 2.75) is 37.8 Å². The molecule has 1 spiro atoms. The second kappa shape index (κ2) is 7.95. The quantitative estimate of drug-likeness (QED) is 0.451. The number of fused-ring (bicyclic) bond motifs is 3. The van der Waals surface area contributed by atoms with Crippen molar-refractivity contribution in [2.75, 3.05) is 39.7 Å². The molecule has 0 amide bonds. The highest BCUT2D eigenvalue weighted by Gasteiger charge is 2.59. The molecule has 0 bridgehead atoms. The summed E-state index contributed by atoms with van der Waals surface area (Å²) in [6.07, 6.45) is 3.88. The molecule has 1 N–H and O–H groups in total. The number of methoxy groups -OCH3 is 3. The predicted octanol–water partition coefficient (Wildman–Crippen LogP) is 2.87. The lowest BCUT2D eigenvalue weighted by Gasteiger charge is -2.45. The molecule has 0 aliphatic carbocycles. The smallest absolute Gasteiger partial charge is 0.337 e. The monoisotopic (exact) mass is 414 g/mol. The van der Waals surface area contributed by atoms with E-state index in [1.54, 1.807) is 14.2 Å². The first-order chi connectivity index (χ1) is 14.5. The van der Waals surface area contributed by atoms with Gasteiger partial charge in [-0.1, -0.05) is 19.4 Å². The zero-order valence-electron chi connectivity index (χ0n) is 18.1.